The van der Waals surface area contributed by atoms with Gasteiger partial charge in [-0.3, -0.25) is 24.0 Å². The fourth-order valence-corrected chi connectivity index (χ4v) is 2.87. The van der Waals surface area contributed by atoms with E-state index < -0.39 is 72.3 Å². The number of carboxylic acids is 2. The lowest BCUT2D eigenvalue weighted by atomic mass is 10.0. The van der Waals surface area contributed by atoms with Crippen LogP contribution < -0.4 is 33.2 Å². The average molecular weight is 505 g/mol. The van der Waals surface area contributed by atoms with Crippen LogP contribution in [0.25, 0.3) is 0 Å². The van der Waals surface area contributed by atoms with E-state index >= 15 is 0 Å². The number of unbranched alkanes of at least 4 members (excludes halogenated alkanes) is 1. The molecule has 0 aliphatic carbocycles. The standard InChI is InChI=1S/C20H36N6O9/c1-10(27)16(23)19(33)25-12(5-7-14(22)28)18(32)24-11(4-2-3-9-21)17(31)26-13(20(34)35)6-8-15(29)30/h10-13,16,27H,2-9,21,23H2,1H3,(H2,22,28)(H,24,32)(H,25,33)(H,26,31)(H,29,30)(H,34,35). The topological polar surface area (TPSA) is 277 Å². The molecule has 0 aromatic heterocycles. The Morgan fingerprint density at radius 2 is 1.26 bits per heavy atom. The maximum absolute atomic E-state index is 12.9. The van der Waals surface area contributed by atoms with Crippen LogP contribution in [-0.2, 0) is 28.8 Å². The monoisotopic (exact) mass is 504 g/mol. The van der Waals surface area contributed by atoms with Gasteiger partial charge in [0.2, 0.25) is 23.6 Å². The van der Waals surface area contributed by atoms with Gasteiger partial charge in [0.05, 0.1) is 6.10 Å². The molecular formula is C20H36N6O9. The molecule has 0 heterocycles. The van der Waals surface area contributed by atoms with E-state index in [1.165, 1.54) is 6.92 Å². The van der Waals surface area contributed by atoms with Crippen LogP contribution in [0.2, 0.25) is 0 Å². The van der Waals surface area contributed by atoms with E-state index in [4.69, 9.17) is 22.3 Å². The summed E-state index contributed by atoms with van der Waals surface area (Å²) in [6, 6.07) is -5.47. The number of carbonyl (C=O) groups is 6. The molecule has 0 bridgehead atoms. The third kappa shape index (κ3) is 13.2. The van der Waals surface area contributed by atoms with Gasteiger partial charge in [-0.2, -0.15) is 0 Å². The van der Waals surface area contributed by atoms with Gasteiger partial charge in [-0.05, 0) is 45.6 Å². The van der Waals surface area contributed by atoms with Crippen molar-refractivity contribution in [2.45, 2.75) is 82.1 Å². The first-order valence-corrected chi connectivity index (χ1v) is 11.1. The van der Waals surface area contributed by atoms with Gasteiger partial charge in [0.25, 0.3) is 0 Å². The summed E-state index contributed by atoms with van der Waals surface area (Å²) in [6.45, 7) is 1.57. The second kappa shape index (κ2) is 16.3. The molecule has 15 heteroatoms. The smallest absolute Gasteiger partial charge is 0.326 e. The van der Waals surface area contributed by atoms with Gasteiger partial charge in [0.1, 0.15) is 24.2 Å². The second-order valence-corrected chi connectivity index (χ2v) is 8.01. The molecule has 5 atom stereocenters. The largest absolute Gasteiger partial charge is 0.481 e. The Morgan fingerprint density at radius 3 is 1.71 bits per heavy atom. The van der Waals surface area contributed by atoms with Gasteiger partial charge in [-0.15, -0.1) is 0 Å². The summed E-state index contributed by atoms with van der Waals surface area (Å²) in [5, 5.41) is 34.5. The van der Waals surface area contributed by atoms with E-state index in [0.717, 1.165) is 0 Å². The van der Waals surface area contributed by atoms with Gasteiger partial charge < -0.3 is 48.5 Å². The summed E-state index contributed by atoms with van der Waals surface area (Å²) in [7, 11) is 0. The predicted octanol–water partition coefficient (Wildman–Crippen LogP) is -3.51. The number of hydrogen-bond donors (Lipinski definition) is 9. The van der Waals surface area contributed by atoms with Crippen LogP contribution in [0.5, 0.6) is 0 Å². The second-order valence-electron chi connectivity index (χ2n) is 8.01. The molecular weight excluding hydrogens is 468 g/mol. The quantitative estimate of drug-likeness (QED) is 0.0825. The molecule has 0 spiro atoms. The Labute approximate surface area is 202 Å². The van der Waals surface area contributed by atoms with Crippen LogP contribution in [0.15, 0.2) is 0 Å². The fraction of sp³-hybridized carbons (Fsp3) is 0.700. The number of amides is 4. The molecule has 200 valence electrons. The zero-order chi connectivity index (χ0) is 27.1. The average Bonchev–Trinajstić information content (AvgIpc) is 2.77. The van der Waals surface area contributed by atoms with Crippen LogP contribution in [0.4, 0.5) is 0 Å². The molecule has 4 amide bonds. The number of aliphatic hydroxyl groups excluding tert-OH is 1. The van der Waals surface area contributed by atoms with E-state index in [1.54, 1.807) is 0 Å². The van der Waals surface area contributed by atoms with Crippen LogP contribution >= 0.6 is 0 Å². The minimum atomic E-state index is -1.51. The Hall–Kier alpha value is -3.30. The highest BCUT2D eigenvalue weighted by molar-refractivity contribution is 5.94. The zero-order valence-electron chi connectivity index (χ0n) is 19.6. The molecule has 35 heavy (non-hydrogen) atoms. The molecule has 15 nitrogen and oxygen atoms in total. The molecule has 0 fully saturated rings. The predicted molar refractivity (Wildman–Crippen MR) is 121 cm³/mol. The number of carbonyl (C=O) groups excluding carboxylic acids is 4. The summed E-state index contributed by atoms with van der Waals surface area (Å²) in [6.07, 6.45) is -1.71. The van der Waals surface area contributed by atoms with E-state index in [-0.39, 0.29) is 25.7 Å². The maximum atomic E-state index is 12.9. The van der Waals surface area contributed by atoms with E-state index in [9.17, 15) is 39.0 Å². The maximum Gasteiger partial charge on any atom is 0.326 e. The highest BCUT2D eigenvalue weighted by Gasteiger charge is 2.31. The molecule has 0 aromatic rings. The molecule has 0 aromatic carbocycles. The van der Waals surface area contributed by atoms with Crippen molar-refractivity contribution >= 4 is 35.6 Å². The third-order valence-electron chi connectivity index (χ3n) is 4.98. The van der Waals surface area contributed by atoms with Crippen molar-refractivity contribution in [1.82, 2.24) is 16.0 Å². The Bertz CT molecular complexity index is 761. The summed E-state index contributed by atoms with van der Waals surface area (Å²) in [5.74, 6) is -6.09. The molecule has 0 radical (unpaired) electrons. The summed E-state index contributed by atoms with van der Waals surface area (Å²) in [5.41, 5.74) is 16.2. The molecule has 0 aliphatic rings. The number of aliphatic carboxylic acids is 2. The number of primary amides is 1. The fourth-order valence-electron chi connectivity index (χ4n) is 2.87. The lowest BCUT2D eigenvalue weighted by Gasteiger charge is -2.25. The third-order valence-corrected chi connectivity index (χ3v) is 4.98. The highest BCUT2D eigenvalue weighted by atomic mass is 16.4. The lowest BCUT2D eigenvalue weighted by molar-refractivity contribution is -0.143. The van der Waals surface area contributed by atoms with Crippen molar-refractivity contribution in [3.05, 3.63) is 0 Å². The van der Waals surface area contributed by atoms with Crippen molar-refractivity contribution in [2.75, 3.05) is 6.54 Å². The van der Waals surface area contributed by atoms with Crippen LogP contribution in [0.3, 0.4) is 0 Å². The molecule has 12 N–H and O–H groups in total. The van der Waals surface area contributed by atoms with Crippen LogP contribution in [0.1, 0.15) is 51.9 Å². The number of rotatable bonds is 18. The van der Waals surface area contributed by atoms with Gasteiger partial charge in [-0.25, -0.2) is 4.79 Å². The summed E-state index contributed by atoms with van der Waals surface area (Å²) < 4.78 is 0. The number of hydrogen-bond acceptors (Lipinski definition) is 9. The van der Waals surface area contributed by atoms with Gasteiger partial charge in [0, 0.05) is 12.8 Å². The Morgan fingerprint density at radius 1 is 0.771 bits per heavy atom. The van der Waals surface area contributed by atoms with Crippen LogP contribution in [-0.4, -0.2) is 87.7 Å². The first-order chi connectivity index (χ1) is 16.3. The Balaban J connectivity index is 5.59. The van der Waals surface area contributed by atoms with Gasteiger partial charge in [-0.1, -0.05) is 0 Å². The minimum Gasteiger partial charge on any atom is -0.481 e. The number of nitrogens with two attached hydrogens (primary N) is 3. The number of carboxylic acid groups (broad SMARTS) is 2. The van der Waals surface area contributed by atoms with Crippen molar-refractivity contribution in [1.29, 1.82) is 0 Å². The molecule has 0 saturated heterocycles. The Kier molecular flexibility index (Phi) is 14.8. The first-order valence-electron chi connectivity index (χ1n) is 11.1. The van der Waals surface area contributed by atoms with Gasteiger partial charge >= 0.3 is 11.9 Å². The van der Waals surface area contributed by atoms with Crippen LogP contribution in [0, 0.1) is 0 Å². The lowest BCUT2D eigenvalue weighted by Crippen LogP contribution is -2.58. The minimum absolute atomic E-state index is 0.0592. The van der Waals surface area contributed by atoms with Crippen molar-refractivity contribution in [3.63, 3.8) is 0 Å². The molecule has 5 unspecified atom stereocenters. The normalized spacial score (nSPS) is 15.1. The first kappa shape index (κ1) is 31.7. The van der Waals surface area contributed by atoms with E-state index in [0.29, 0.717) is 19.4 Å². The van der Waals surface area contributed by atoms with Crippen molar-refractivity contribution < 1.29 is 44.1 Å². The van der Waals surface area contributed by atoms with Crippen molar-refractivity contribution in [3.8, 4) is 0 Å². The zero-order valence-corrected chi connectivity index (χ0v) is 19.6. The highest BCUT2D eigenvalue weighted by Crippen LogP contribution is 2.07. The summed E-state index contributed by atoms with van der Waals surface area (Å²) in [4.78, 5) is 71.2. The summed E-state index contributed by atoms with van der Waals surface area (Å²) >= 11 is 0. The number of nitrogens with one attached hydrogen (secondary N) is 3. The van der Waals surface area contributed by atoms with Gasteiger partial charge in [0.15, 0.2) is 0 Å². The van der Waals surface area contributed by atoms with E-state index in [2.05, 4.69) is 16.0 Å². The molecule has 0 aliphatic heterocycles. The SMILES string of the molecule is CC(O)C(N)C(=O)NC(CCC(N)=O)C(=O)NC(CCCCN)C(=O)NC(CCC(=O)O)C(=O)O. The van der Waals surface area contributed by atoms with E-state index in [1.807, 2.05) is 0 Å². The molecule has 0 saturated carbocycles. The van der Waals surface area contributed by atoms with Crippen molar-refractivity contribution in [2.24, 2.45) is 17.2 Å². The molecule has 0 rings (SSSR count). The number of aliphatic hydroxyl groups is 1.